The number of benzene rings is 3. The van der Waals surface area contributed by atoms with Crippen molar-refractivity contribution in [1.29, 1.82) is 5.26 Å². The van der Waals surface area contributed by atoms with Crippen molar-refractivity contribution in [3.8, 4) is 6.07 Å². The number of halogens is 1. The summed E-state index contributed by atoms with van der Waals surface area (Å²) in [6, 6.07) is 24.9. The van der Waals surface area contributed by atoms with E-state index >= 15 is 0 Å². The van der Waals surface area contributed by atoms with E-state index < -0.39 is 17.0 Å². The van der Waals surface area contributed by atoms with Crippen LogP contribution in [-0.2, 0) is 22.4 Å². The molecule has 0 saturated carbocycles. The highest BCUT2D eigenvalue weighted by atomic mass is 32.2. The van der Waals surface area contributed by atoms with Crippen molar-refractivity contribution in [2.24, 2.45) is 0 Å². The molecule has 7 heteroatoms. The Labute approximate surface area is 214 Å². The van der Waals surface area contributed by atoms with Crippen LogP contribution in [0.3, 0.4) is 0 Å². The lowest BCUT2D eigenvalue weighted by Crippen LogP contribution is -2.33. The van der Waals surface area contributed by atoms with E-state index in [1.165, 1.54) is 11.0 Å². The summed E-state index contributed by atoms with van der Waals surface area (Å²) < 4.78 is 14.4. The van der Waals surface area contributed by atoms with Crippen molar-refractivity contribution in [1.82, 2.24) is 5.32 Å². The Bertz CT molecular complexity index is 1330. The van der Waals surface area contributed by atoms with Gasteiger partial charge in [0.25, 0.3) is 5.91 Å². The molecule has 0 bridgehead atoms. The molecular weight excluding hydrogens is 473 g/mol. The van der Waals surface area contributed by atoms with Crippen molar-refractivity contribution >= 4 is 29.3 Å². The molecule has 1 aliphatic heterocycles. The molecule has 182 valence electrons. The lowest BCUT2D eigenvalue weighted by molar-refractivity contribution is -0.117. The lowest BCUT2D eigenvalue weighted by atomic mass is 10.1. The third-order valence-electron chi connectivity index (χ3n) is 6.12. The summed E-state index contributed by atoms with van der Waals surface area (Å²) in [4.78, 5) is 28.2. The van der Waals surface area contributed by atoms with Gasteiger partial charge in [-0.05, 0) is 54.7 Å². The second-order valence-corrected chi connectivity index (χ2v) is 9.68. The van der Waals surface area contributed by atoms with Crippen LogP contribution in [0.15, 0.2) is 89.5 Å². The standard InChI is InChI=1S/C29H26FN3O2S/c1-3-20-13-15-23(16-14-20)33-28(35)26(17-22-11-7-8-12-25(22)30)36-29(33)24(18-31)27(34)32-19(2)21-9-5-4-6-10-21/h4-16,19,26H,3,17H2,1-2H3,(H,32,34)/b29-24-. The number of hydrogen-bond donors (Lipinski definition) is 1. The number of hydrogen-bond acceptors (Lipinski definition) is 4. The number of amides is 2. The molecule has 0 radical (unpaired) electrons. The number of carbonyl (C=O) groups is 2. The van der Waals surface area contributed by atoms with Gasteiger partial charge >= 0.3 is 0 Å². The summed E-state index contributed by atoms with van der Waals surface area (Å²) in [5.74, 6) is -1.25. The van der Waals surface area contributed by atoms with E-state index in [4.69, 9.17) is 0 Å². The average molecular weight is 500 g/mol. The fraction of sp³-hybridized carbons (Fsp3) is 0.207. The zero-order valence-corrected chi connectivity index (χ0v) is 20.9. The van der Waals surface area contributed by atoms with E-state index in [0.29, 0.717) is 11.3 Å². The maximum absolute atomic E-state index is 14.4. The van der Waals surface area contributed by atoms with Crippen LogP contribution < -0.4 is 10.2 Å². The van der Waals surface area contributed by atoms with E-state index in [1.807, 2.05) is 74.5 Å². The lowest BCUT2D eigenvalue weighted by Gasteiger charge is -2.20. The average Bonchev–Trinajstić information content (AvgIpc) is 3.21. The minimum Gasteiger partial charge on any atom is -0.345 e. The van der Waals surface area contributed by atoms with Gasteiger partial charge in [-0.25, -0.2) is 4.39 Å². The second kappa shape index (κ2) is 11.2. The van der Waals surface area contributed by atoms with Gasteiger partial charge in [0, 0.05) is 5.69 Å². The van der Waals surface area contributed by atoms with Gasteiger partial charge in [-0.1, -0.05) is 79.3 Å². The van der Waals surface area contributed by atoms with Gasteiger partial charge < -0.3 is 5.32 Å². The van der Waals surface area contributed by atoms with E-state index in [2.05, 4.69) is 5.32 Å². The summed E-state index contributed by atoms with van der Waals surface area (Å²) in [6.07, 6.45) is 0.981. The largest absolute Gasteiger partial charge is 0.345 e. The topological polar surface area (TPSA) is 73.2 Å². The molecule has 1 N–H and O–H groups in total. The highest BCUT2D eigenvalue weighted by Gasteiger charge is 2.41. The summed E-state index contributed by atoms with van der Waals surface area (Å²) in [7, 11) is 0. The van der Waals surface area contributed by atoms with Gasteiger partial charge in [0.1, 0.15) is 22.5 Å². The quantitative estimate of drug-likeness (QED) is 0.335. The predicted molar refractivity (Wildman–Crippen MR) is 140 cm³/mol. The molecule has 4 rings (SSSR count). The van der Waals surface area contributed by atoms with Crippen molar-refractivity contribution in [3.63, 3.8) is 0 Å². The first-order valence-corrected chi connectivity index (χ1v) is 12.6. The van der Waals surface area contributed by atoms with Crippen LogP contribution >= 0.6 is 11.8 Å². The molecule has 36 heavy (non-hydrogen) atoms. The Morgan fingerprint density at radius 3 is 2.39 bits per heavy atom. The number of anilines is 1. The number of nitriles is 1. The molecule has 2 atom stereocenters. The van der Waals surface area contributed by atoms with Gasteiger partial charge in [-0.2, -0.15) is 5.26 Å². The second-order valence-electron chi connectivity index (χ2n) is 8.49. The maximum atomic E-state index is 14.4. The fourth-order valence-electron chi connectivity index (χ4n) is 4.06. The van der Waals surface area contributed by atoms with Crippen molar-refractivity contribution in [2.45, 2.75) is 38.0 Å². The Morgan fingerprint density at radius 1 is 1.08 bits per heavy atom. The van der Waals surface area contributed by atoms with Crippen LogP contribution in [0.5, 0.6) is 0 Å². The molecule has 1 heterocycles. The number of rotatable bonds is 7. The van der Waals surface area contributed by atoms with E-state index in [9.17, 15) is 19.2 Å². The van der Waals surface area contributed by atoms with Gasteiger partial charge in [-0.3, -0.25) is 14.5 Å². The predicted octanol–water partition coefficient (Wildman–Crippen LogP) is 5.69. The first kappa shape index (κ1) is 25.2. The Hall–Kier alpha value is -3.89. The van der Waals surface area contributed by atoms with Crippen molar-refractivity contribution in [2.75, 3.05) is 4.90 Å². The molecule has 3 aromatic rings. The third-order valence-corrected chi connectivity index (χ3v) is 7.38. The molecule has 2 amide bonds. The van der Waals surface area contributed by atoms with Gasteiger partial charge in [0.15, 0.2) is 0 Å². The highest BCUT2D eigenvalue weighted by Crippen LogP contribution is 2.42. The van der Waals surface area contributed by atoms with Crippen LogP contribution in [0.4, 0.5) is 10.1 Å². The highest BCUT2D eigenvalue weighted by molar-refractivity contribution is 8.05. The van der Waals surface area contributed by atoms with Crippen LogP contribution in [-0.4, -0.2) is 17.1 Å². The minimum absolute atomic E-state index is 0.143. The molecule has 1 fully saturated rings. The molecule has 1 aliphatic rings. The third kappa shape index (κ3) is 5.34. The van der Waals surface area contributed by atoms with Gasteiger partial charge in [-0.15, -0.1) is 0 Å². The van der Waals surface area contributed by atoms with Crippen molar-refractivity contribution in [3.05, 3.63) is 112 Å². The molecule has 0 aromatic heterocycles. The monoisotopic (exact) mass is 499 g/mol. The summed E-state index contributed by atoms with van der Waals surface area (Å²) in [5, 5.41) is 12.5. The van der Waals surface area contributed by atoms with Crippen LogP contribution in [0.25, 0.3) is 0 Å². The summed E-state index contributed by atoms with van der Waals surface area (Å²) in [6.45, 7) is 3.87. The van der Waals surface area contributed by atoms with Crippen LogP contribution in [0.1, 0.15) is 36.6 Å². The number of nitrogens with one attached hydrogen (secondary N) is 1. The maximum Gasteiger partial charge on any atom is 0.265 e. The first-order chi connectivity index (χ1) is 17.4. The molecule has 0 aliphatic carbocycles. The first-order valence-electron chi connectivity index (χ1n) is 11.8. The number of nitrogens with zero attached hydrogens (tertiary/aromatic N) is 2. The number of aryl methyl sites for hydroxylation is 1. The number of carbonyl (C=O) groups excluding carboxylic acids is 2. The fourth-order valence-corrected chi connectivity index (χ4v) is 5.36. The van der Waals surface area contributed by atoms with Gasteiger partial charge in [0.05, 0.1) is 11.3 Å². The zero-order valence-electron chi connectivity index (χ0n) is 20.1. The van der Waals surface area contributed by atoms with E-state index in [0.717, 1.165) is 29.3 Å². The smallest absolute Gasteiger partial charge is 0.265 e. The molecule has 2 unspecified atom stereocenters. The minimum atomic E-state index is -0.676. The van der Waals surface area contributed by atoms with E-state index in [-0.39, 0.29) is 29.0 Å². The Morgan fingerprint density at radius 2 is 1.75 bits per heavy atom. The molecule has 0 spiro atoms. The van der Waals surface area contributed by atoms with Gasteiger partial charge in [0.2, 0.25) is 5.91 Å². The van der Waals surface area contributed by atoms with Crippen LogP contribution in [0, 0.1) is 17.1 Å². The van der Waals surface area contributed by atoms with E-state index in [1.54, 1.807) is 18.2 Å². The SMILES string of the molecule is CCc1ccc(N2C(=O)C(Cc3ccccc3F)S/C2=C(/C#N)C(=O)NC(C)c2ccccc2)cc1. The molecular formula is C29H26FN3O2S. The normalized spacial score (nSPS) is 17.4. The summed E-state index contributed by atoms with van der Waals surface area (Å²) in [5.41, 5.74) is 2.82. The molecule has 3 aromatic carbocycles. The van der Waals surface area contributed by atoms with Crippen LogP contribution in [0.2, 0.25) is 0 Å². The Balaban J connectivity index is 1.71. The molecule has 1 saturated heterocycles. The summed E-state index contributed by atoms with van der Waals surface area (Å²) >= 11 is 1.13. The Kier molecular flexibility index (Phi) is 7.87. The zero-order chi connectivity index (χ0) is 25.7. The van der Waals surface area contributed by atoms with Crippen molar-refractivity contribution < 1.29 is 14.0 Å². The molecule has 5 nitrogen and oxygen atoms in total. The number of thioether (sulfide) groups is 1.